The van der Waals surface area contributed by atoms with Gasteiger partial charge in [0, 0.05) is 25.6 Å². The number of carbonyl (C=O) groups excluding carboxylic acids is 1. The summed E-state index contributed by atoms with van der Waals surface area (Å²) in [7, 11) is 0. The van der Waals surface area contributed by atoms with Crippen molar-refractivity contribution in [3.05, 3.63) is 123 Å². The summed E-state index contributed by atoms with van der Waals surface area (Å²) in [6.07, 6.45) is 0. The van der Waals surface area contributed by atoms with Crippen molar-refractivity contribution in [3.8, 4) is 45.6 Å². The SMILES string of the molecule is N#Cc1c(-c2ccccc2)oc(-c2ccc(Br)cc2)c1-c1ccccc1OC(=O)c1ccc(Br)cc1. The standard InChI is InChI=1S/C30H17Br2NO3/c31-22-14-10-20(11-15-22)29-27(25(18-33)28(36-29)19-6-2-1-3-7-19)24-8-4-5-9-26(24)35-30(34)21-12-16-23(32)17-13-21/h1-17H. The van der Waals surface area contributed by atoms with Crippen molar-refractivity contribution < 1.29 is 13.9 Å². The number of hydrogen-bond donors (Lipinski definition) is 0. The highest BCUT2D eigenvalue weighted by atomic mass is 79.9. The lowest BCUT2D eigenvalue weighted by Crippen LogP contribution is -2.09. The predicted molar refractivity (Wildman–Crippen MR) is 147 cm³/mol. The summed E-state index contributed by atoms with van der Waals surface area (Å²) in [6.45, 7) is 0. The molecule has 0 aliphatic rings. The molecule has 0 aliphatic carbocycles. The first-order valence-corrected chi connectivity index (χ1v) is 12.6. The first kappa shape index (κ1) is 23.8. The molecule has 0 bridgehead atoms. The molecule has 0 radical (unpaired) electrons. The van der Waals surface area contributed by atoms with Crippen LogP contribution in [0.15, 0.2) is 116 Å². The number of nitriles is 1. The second-order valence-electron chi connectivity index (χ2n) is 7.89. The van der Waals surface area contributed by atoms with Crippen LogP contribution in [0.1, 0.15) is 15.9 Å². The quantitative estimate of drug-likeness (QED) is 0.150. The molecular weight excluding hydrogens is 582 g/mol. The number of nitrogens with zero attached hydrogens (tertiary/aromatic N) is 1. The number of para-hydroxylation sites is 1. The number of ether oxygens (including phenoxy) is 1. The van der Waals surface area contributed by atoms with Gasteiger partial charge in [0.1, 0.15) is 23.1 Å². The third-order valence-corrected chi connectivity index (χ3v) is 6.66. The van der Waals surface area contributed by atoms with Crippen LogP contribution < -0.4 is 4.74 Å². The molecule has 0 N–H and O–H groups in total. The second kappa shape index (κ2) is 10.4. The Morgan fingerprint density at radius 1 is 0.722 bits per heavy atom. The van der Waals surface area contributed by atoms with E-state index in [-0.39, 0.29) is 0 Å². The van der Waals surface area contributed by atoms with Crippen LogP contribution in [0.5, 0.6) is 5.75 Å². The molecule has 4 nitrogen and oxygen atoms in total. The maximum atomic E-state index is 13.0. The van der Waals surface area contributed by atoms with E-state index >= 15 is 0 Å². The fraction of sp³-hybridized carbons (Fsp3) is 0. The molecule has 5 rings (SSSR count). The van der Waals surface area contributed by atoms with Gasteiger partial charge in [0.15, 0.2) is 5.76 Å². The minimum Gasteiger partial charge on any atom is -0.454 e. The molecule has 0 unspecified atom stereocenters. The average Bonchev–Trinajstić information content (AvgIpc) is 3.30. The van der Waals surface area contributed by atoms with E-state index in [1.165, 1.54) is 0 Å². The third-order valence-electron chi connectivity index (χ3n) is 5.60. The predicted octanol–water partition coefficient (Wildman–Crippen LogP) is 8.90. The van der Waals surface area contributed by atoms with Crippen molar-refractivity contribution in [1.82, 2.24) is 0 Å². The second-order valence-corrected chi connectivity index (χ2v) is 9.72. The van der Waals surface area contributed by atoms with Crippen molar-refractivity contribution in [1.29, 1.82) is 5.26 Å². The molecule has 0 aliphatic heterocycles. The third kappa shape index (κ3) is 4.76. The maximum Gasteiger partial charge on any atom is 0.343 e. The molecule has 0 saturated heterocycles. The van der Waals surface area contributed by atoms with E-state index in [4.69, 9.17) is 9.15 Å². The van der Waals surface area contributed by atoms with Crippen LogP contribution in [-0.2, 0) is 0 Å². The number of rotatable bonds is 5. The molecule has 36 heavy (non-hydrogen) atoms. The number of halogens is 2. The molecule has 1 heterocycles. The largest absolute Gasteiger partial charge is 0.454 e. The summed E-state index contributed by atoms with van der Waals surface area (Å²) in [5.41, 5.74) is 3.51. The monoisotopic (exact) mass is 597 g/mol. The van der Waals surface area contributed by atoms with Crippen molar-refractivity contribution in [2.75, 3.05) is 0 Å². The van der Waals surface area contributed by atoms with Crippen LogP contribution in [0.2, 0.25) is 0 Å². The fourth-order valence-electron chi connectivity index (χ4n) is 3.90. The van der Waals surface area contributed by atoms with Crippen LogP contribution in [0.3, 0.4) is 0 Å². The van der Waals surface area contributed by atoms with E-state index in [2.05, 4.69) is 37.9 Å². The van der Waals surface area contributed by atoms with Crippen LogP contribution in [0.25, 0.3) is 33.8 Å². The van der Waals surface area contributed by atoms with E-state index in [9.17, 15) is 10.1 Å². The zero-order chi connectivity index (χ0) is 25.1. The minimum atomic E-state index is -0.495. The van der Waals surface area contributed by atoms with Gasteiger partial charge in [-0.25, -0.2) is 4.79 Å². The number of hydrogen-bond acceptors (Lipinski definition) is 4. The molecule has 1 aromatic heterocycles. The highest BCUT2D eigenvalue weighted by molar-refractivity contribution is 9.10. The van der Waals surface area contributed by atoms with Crippen LogP contribution >= 0.6 is 31.9 Å². The average molecular weight is 599 g/mol. The van der Waals surface area contributed by atoms with Crippen LogP contribution in [0.4, 0.5) is 0 Å². The highest BCUT2D eigenvalue weighted by Gasteiger charge is 2.26. The van der Waals surface area contributed by atoms with Gasteiger partial charge in [-0.3, -0.25) is 0 Å². The van der Waals surface area contributed by atoms with Crippen molar-refractivity contribution in [3.63, 3.8) is 0 Å². The summed E-state index contributed by atoms with van der Waals surface area (Å²) >= 11 is 6.85. The molecule has 6 heteroatoms. The fourth-order valence-corrected chi connectivity index (χ4v) is 4.43. The van der Waals surface area contributed by atoms with E-state index in [0.717, 1.165) is 20.1 Å². The van der Waals surface area contributed by atoms with Gasteiger partial charge in [-0.1, -0.05) is 92.5 Å². The van der Waals surface area contributed by atoms with Gasteiger partial charge in [0.2, 0.25) is 0 Å². The summed E-state index contributed by atoms with van der Waals surface area (Å²) in [6, 6.07) is 33.6. The van der Waals surface area contributed by atoms with E-state index in [1.54, 1.807) is 36.4 Å². The highest BCUT2D eigenvalue weighted by Crippen LogP contribution is 2.45. The lowest BCUT2D eigenvalue weighted by Gasteiger charge is -2.11. The molecule has 4 aromatic carbocycles. The number of carbonyl (C=O) groups is 1. The smallest absolute Gasteiger partial charge is 0.343 e. The van der Waals surface area contributed by atoms with Gasteiger partial charge in [0.25, 0.3) is 0 Å². The van der Waals surface area contributed by atoms with Crippen LogP contribution in [-0.4, -0.2) is 5.97 Å². The van der Waals surface area contributed by atoms with Gasteiger partial charge in [-0.05, 0) is 42.5 Å². The van der Waals surface area contributed by atoms with Gasteiger partial charge < -0.3 is 9.15 Å². The lowest BCUT2D eigenvalue weighted by molar-refractivity contribution is 0.0735. The van der Waals surface area contributed by atoms with Gasteiger partial charge in [-0.15, -0.1) is 0 Å². The molecule has 174 valence electrons. The first-order chi connectivity index (χ1) is 17.5. The molecular formula is C30H17Br2NO3. The molecule has 0 atom stereocenters. The Morgan fingerprint density at radius 3 is 1.97 bits per heavy atom. The Morgan fingerprint density at radius 2 is 1.31 bits per heavy atom. The summed E-state index contributed by atoms with van der Waals surface area (Å²) in [5.74, 6) is 0.816. The van der Waals surface area contributed by atoms with Crippen LogP contribution in [0, 0.1) is 11.3 Å². The van der Waals surface area contributed by atoms with Gasteiger partial charge in [0.05, 0.1) is 11.1 Å². The normalized spacial score (nSPS) is 10.6. The van der Waals surface area contributed by atoms with Crippen molar-refractivity contribution in [2.45, 2.75) is 0 Å². The molecule has 0 fully saturated rings. The van der Waals surface area contributed by atoms with Crippen molar-refractivity contribution >= 4 is 37.8 Å². The summed E-state index contributed by atoms with van der Waals surface area (Å²) < 4.78 is 14.0. The van der Waals surface area contributed by atoms with Crippen molar-refractivity contribution in [2.24, 2.45) is 0 Å². The Labute approximate surface area is 225 Å². The molecule has 5 aromatic rings. The summed E-state index contributed by atoms with van der Waals surface area (Å²) in [4.78, 5) is 13.0. The molecule has 0 amide bonds. The Kier molecular flexibility index (Phi) is 6.86. The number of furan rings is 1. The Balaban J connectivity index is 1.69. The van der Waals surface area contributed by atoms with E-state index in [0.29, 0.717) is 39.5 Å². The Bertz CT molecular complexity index is 1580. The maximum absolute atomic E-state index is 13.0. The molecule has 0 saturated carbocycles. The summed E-state index contributed by atoms with van der Waals surface area (Å²) in [5, 5.41) is 10.3. The first-order valence-electron chi connectivity index (χ1n) is 11.0. The number of esters is 1. The lowest BCUT2D eigenvalue weighted by atomic mass is 9.95. The van der Waals surface area contributed by atoms with Gasteiger partial charge >= 0.3 is 5.97 Å². The number of benzene rings is 4. The van der Waals surface area contributed by atoms with Gasteiger partial charge in [-0.2, -0.15) is 5.26 Å². The zero-order valence-corrected chi connectivity index (χ0v) is 21.9. The Hall–Kier alpha value is -3.92. The molecule has 0 spiro atoms. The van der Waals surface area contributed by atoms with E-state index in [1.807, 2.05) is 66.7 Å². The topological polar surface area (TPSA) is 63.2 Å². The van der Waals surface area contributed by atoms with E-state index < -0.39 is 5.97 Å². The zero-order valence-electron chi connectivity index (χ0n) is 18.7. The minimum absolute atomic E-state index is 0.334.